The summed E-state index contributed by atoms with van der Waals surface area (Å²) >= 11 is 4.61. The number of hydrogen-bond donors (Lipinski definition) is 2. The van der Waals surface area contributed by atoms with E-state index in [0.29, 0.717) is 15.6 Å². The quantitative estimate of drug-likeness (QED) is 0.751. The van der Waals surface area contributed by atoms with Crippen molar-refractivity contribution in [1.82, 2.24) is 5.32 Å². The lowest BCUT2D eigenvalue weighted by molar-refractivity contribution is -0.115. The van der Waals surface area contributed by atoms with Crippen LogP contribution in [0.15, 0.2) is 56.8 Å². The van der Waals surface area contributed by atoms with Crippen LogP contribution in [0, 0.1) is 6.92 Å². The zero-order chi connectivity index (χ0) is 16.4. The van der Waals surface area contributed by atoms with E-state index < -0.39 is 0 Å². The van der Waals surface area contributed by atoms with Crippen LogP contribution in [0.4, 0.5) is 5.69 Å². The number of halogens is 1. The minimum atomic E-state index is -0.221. The van der Waals surface area contributed by atoms with Gasteiger partial charge in [0.1, 0.15) is 5.75 Å². The Morgan fingerprint density at radius 2 is 2.04 bits per heavy atom. The van der Waals surface area contributed by atoms with Gasteiger partial charge in [0.05, 0.1) is 10.6 Å². The van der Waals surface area contributed by atoms with E-state index in [-0.39, 0.29) is 11.7 Å². The van der Waals surface area contributed by atoms with Crippen molar-refractivity contribution in [2.75, 3.05) is 0 Å². The molecule has 0 atom stereocenters. The number of nitrogens with zero attached hydrogens (tertiary/aromatic N) is 1. The number of carbonyl (C=O) groups is 1. The Balaban J connectivity index is 1.90. The van der Waals surface area contributed by atoms with E-state index in [1.165, 1.54) is 11.8 Å². The molecule has 23 heavy (non-hydrogen) atoms. The van der Waals surface area contributed by atoms with Crippen molar-refractivity contribution in [2.24, 2.45) is 4.99 Å². The number of aromatic hydroxyl groups is 1. The first-order valence-corrected chi connectivity index (χ1v) is 8.47. The summed E-state index contributed by atoms with van der Waals surface area (Å²) in [5.41, 5.74) is 2.44. The summed E-state index contributed by atoms with van der Waals surface area (Å²) in [6, 6.07) is 12.8. The molecular weight excluding hydrogens is 376 g/mol. The van der Waals surface area contributed by atoms with Gasteiger partial charge in [-0.3, -0.25) is 4.79 Å². The molecule has 1 saturated heterocycles. The first-order chi connectivity index (χ1) is 11.0. The van der Waals surface area contributed by atoms with Gasteiger partial charge < -0.3 is 10.4 Å². The van der Waals surface area contributed by atoms with E-state index in [0.717, 1.165) is 15.7 Å². The van der Waals surface area contributed by atoms with Crippen LogP contribution in [0.25, 0.3) is 6.08 Å². The monoisotopic (exact) mass is 388 g/mol. The Hall–Kier alpha value is -2.05. The highest BCUT2D eigenvalue weighted by atomic mass is 79.9. The number of amides is 1. The maximum Gasteiger partial charge on any atom is 0.264 e. The molecule has 0 bridgehead atoms. The average Bonchev–Trinajstić information content (AvgIpc) is 2.85. The van der Waals surface area contributed by atoms with Crippen LogP contribution in [-0.4, -0.2) is 16.2 Å². The van der Waals surface area contributed by atoms with Gasteiger partial charge >= 0.3 is 0 Å². The van der Waals surface area contributed by atoms with E-state index in [1.54, 1.807) is 24.3 Å². The fourth-order valence-corrected chi connectivity index (χ4v) is 3.27. The third kappa shape index (κ3) is 3.65. The van der Waals surface area contributed by atoms with Crippen molar-refractivity contribution in [2.45, 2.75) is 6.92 Å². The molecule has 0 unspecified atom stereocenters. The largest absolute Gasteiger partial charge is 0.507 e. The van der Waals surface area contributed by atoms with E-state index >= 15 is 0 Å². The fourth-order valence-electron chi connectivity index (χ4n) is 2.06. The number of aryl methyl sites for hydroxylation is 1. The number of amidine groups is 1. The normalized spacial score (nSPS) is 17.7. The summed E-state index contributed by atoms with van der Waals surface area (Å²) in [6.45, 7) is 1.97. The van der Waals surface area contributed by atoms with Gasteiger partial charge in [-0.1, -0.05) is 34.1 Å². The smallest absolute Gasteiger partial charge is 0.264 e. The Morgan fingerprint density at radius 1 is 1.26 bits per heavy atom. The maximum atomic E-state index is 12.1. The first-order valence-electron chi connectivity index (χ1n) is 6.86. The molecule has 4 nitrogen and oxygen atoms in total. The van der Waals surface area contributed by atoms with Crippen LogP contribution in [-0.2, 0) is 4.79 Å². The summed E-state index contributed by atoms with van der Waals surface area (Å²) in [5.74, 6) is -0.0971. The number of hydrogen-bond acceptors (Lipinski definition) is 4. The summed E-state index contributed by atoms with van der Waals surface area (Å²) in [6.07, 6.45) is 1.65. The number of para-hydroxylation sites is 1. The lowest BCUT2D eigenvalue weighted by atomic mass is 10.2. The zero-order valence-corrected chi connectivity index (χ0v) is 14.6. The molecule has 3 rings (SSSR count). The van der Waals surface area contributed by atoms with Crippen molar-refractivity contribution in [3.05, 3.63) is 63.0 Å². The van der Waals surface area contributed by atoms with Crippen LogP contribution in [0.3, 0.4) is 0 Å². The number of thioether (sulfide) groups is 1. The van der Waals surface area contributed by atoms with E-state index in [2.05, 4.69) is 26.2 Å². The highest BCUT2D eigenvalue weighted by Gasteiger charge is 2.24. The predicted molar refractivity (Wildman–Crippen MR) is 97.8 cm³/mol. The Bertz CT molecular complexity index is 846. The fraction of sp³-hybridized carbons (Fsp3) is 0.0588. The summed E-state index contributed by atoms with van der Waals surface area (Å²) in [7, 11) is 0. The second kappa shape index (κ2) is 6.60. The van der Waals surface area contributed by atoms with Crippen molar-refractivity contribution in [1.29, 1.82) is 0 Å². The first kappa shape index (κ1) is 15.8. The summed E-state index contributed by atoms with van der Waals surface area (Å²) in [5, 5.41) is 13.2. The topological polar surface area (TPSA) is 61.7 Å². The molecule has 1 aliphatic heterocycles. The molecule has 1 amide bonds. The van der Waals surface area contributed by atoms with Gasteiger partial charge in [-0.2, -0.15) is 0 Å². The van der Waals surface area contributed by atoms with Crippen molar-refractivity contribution in [3.8, 4) is 5.75 Å². The minimum Gasteiger partial charge on any atom is -0.507 e. The van der Waals surface area contributed by atoms with Gasteiger partial charge in [0.15, 0.2) is 5.17 Å². The van der Waals surface area contributed by atoms with Gasteiger partial charge in [-0.25, -0.2) is 4.99 Å². The number of aliphatic imine (C=N–C) groups is 1. The molecule has 0 aromatic heterocycles. The lowest BCUT2D eigenvalue weighted by Gasteiger charge is -2.00. The van der Waals surface area contributed by atoms with Crippen LogP contribution < -0.4 is 5.32 Å². The maximum absolute atomic E-state index is 12.1. The molecule has 0 saturated carbocycles. The number of phenolic OH excluding ortho intramolecular Hbond substituents is 1. The number of carbonyl (C=O) groups excluding carboxylic acids is 1. The van der Waals surface area contributed by atoms with E-state index in [9.17, 15) is 9.90 Å². The Kier molecular flexibility index (Phi) is 4.54. The van der Waals surface area contributed by atoms with Crippen LogP contribution in [0.2, 0.25) is 0 Å². The van der Waals surface area contributed by atoms with Gasteiger partial charge in [-0.05, 0) is 54.6 Å². The van der Waals surface area contributed by atoms with Gasteiger partial charge in [0.25, 0.3) is 5.91 Å². The molecule has 0 spiro atoms. The molecule has 1 heterocycles. The molecule has 2 aromatic carbocycles. The van der Waals surface area contributed by atoms with Crippen LogP contribution in [0.5, 0.6) is 5.75 Å². The third-order valence-electron chi connectivity index (χ3n) is 3.26. The zero-order valence-electron chi connectivity index (χ0n) is 12.2. The number of rotatable bonds is 2. The lowest BCUT2D eigenvalue weighted by Crippen LogP contribution is -2.19. The van der Waals surface area contributed by atoms with Crippen molar-refractivity contribution < 1.29 is 9.90 Å². The molecule has 0 radical (unpaired) electrons. The predicted octanol–water partition coefficient (Wildman–Crippen LogP) is 4.35. The van der Waals surface area contributed by atoms with E-state index in [1.807, 2.05) is 31.2 Å². The highest BCUT2D eigenvalue weighted by molar-refractivity contribution is 9.10. The number of benzene rings is 2. The third-order valence-corrected chi connectivity index (χ3v) is 4.67. The highest BCUT2D eigenvalue weighted by Crippen LogP contribution is 2.31. The van der Waals surface area contributed by atoms with E-state index in [4.69, 9.17) is 0 Å². The van der Waals surface area contributed by atoms with Gasteiger partial charge in [-0.15, -0.1) is 0 Å². The summed E-state index contributed by atoms with van der Waals surface area (Å²) in [4.78, 5) is 17.1. The second-order valence-electron chi connectivity index (χ2n) is 4.97. The summed E-state index contributed by atoms with van der Waals surface area (Å²) < 4.78 is 0.833. The molecule has 6 heteroatoms. The molecule has 116 valence electrons. The molecule has 2 aromatic rings. The number of nitrogens with one attached hydrogen (secondary N) is 1. The second-order valence-corrected chi connectivity index (χ2v) is 6.92. The molecule has 0 aliphatic carbocycles. The Labute approximate surface area is 146 Å². The molecular formula is C17H13BrN2O2S. The Morgan fingerprint density at radius 3 is 2.83 bits per heavy atom. The van der Waals surface area contributed by atoms with Crippen molar-refractivity contribution in [3.63, 3.8) is 0 Å². The minimum absolute atomic E-state index is 0.124. The van der Waals surface area contributed by atoms with Gasteiger partial charge in [0, 0.05) is 10.0 Å². The van der Waals surface area contributed by atoms with Crippen LogP contribution in [0.1, 0.15) is 11.1 Å². The molecule has 1 aliphatic rings. The number of phenols is 1. The van der Waals surface area contributed by atoms with Crippen LogP contribution >= 0.6 is 27.7 Å². The molecule has 2 N–H and O–H groups in total. The molecule has 1 fully saturated rings. The average molecular weight is 389 g/mol. The van der Waals surface area contributed by atoms with Gasteiger partial charge in [0.2, 0.25) is 0 Å². The standard InChI is InChI=1S/C17H13BrN2O2S/c1-10-4-2-3-5-13(10)19-17-20-16(22)15(23-17)9-11-8-12(18)6-7-14(11)21/h2-9,21H,1H3,(H,19,20,22)/b15-9+. The SMILES string of the molecule is Cc1ccccc1N=C1NC(=O)/C(=C\c2cc(Br)ccc2O)S1. The van der Waals surface area contributed by atoms with Crippen molar-refractivity contribution >= 4 is 50.5 Å².